The second-order valence-electron chi connectivity index (χ2n) is 7.86. The van der Waals surface area contributed by atoms with Crippen molar-refractivity contribution in [1.82, 2.24) is 0 Å². The van der Waals surface area contributed by atoms with Crippen LogP contribution in [0.2, 0.25) is 6.04 Å². The van der Waals surface area contributed by atoms with Crippen molar-refractivity contribution in [2.75, 3.05) is 61.0 Å². The number of carbonyl (C=O) groups is 2. The molecule has 0 atom stereocenters. The molecule has 0 amide bonds. The molecule has 0 saturated heterocycles. The molecule has 12 nitrogen and oxygen atoms in total. The van der Waals surface area contributed by atoms with Gasteiger partial charge in [0.1, 0.15) is 18.1 Å². The standard InChI is InChI=1S/C24H38O12SSi/c1-20-9-11-22(12-10-20)37(27,28)36-21(2)24(26)35-18-16-33-14-13-32-15-17-34-23(25)8-6-7-19-38(29-3,30-4)31-5/h9-12H,2,6-8,13-19H2,1,3-5H3. The zero-order valence-electron chi connectivity index (χ0n) is 22.4. The highest BCUT2D eigenvalue weighted by molar-refractivity contribution is 7.86. The summed E-state index contributed by atoms with van der Waals surface area (Å²) in [5, 5.41) is 0. The Kier molecular flexibility index (Phi) is 16.0. The van der Waals surface area contributed by atoms with Gasteiger partial charge in [-0.3, -0.25) is 4.79 Å². The summed E-state index contributed by atoms with van der Waals surface area (Å²) in [7, 11) is -2.16. The van der Waals surface area contributed by atoms with Gasteiger partial charge in [-0.25, -0.2) is 4.79 Å². The van der Waals surface area contributed by atoms with Gasteiger partial charge in [0.2, 0.25) is 5.76 Å². The van der Waals surface area contributed by atoms with Crippen molar-refractivity contribution in [3.05, 3.63) is 42.2 Å². The predicted octanol–water partition coefficient (Wildman–Crippen LogP) is 2.38. The molecule has 0 aliphatic rings. The summed E-state index contributed by atoms with van der Waals surface area (Å²) in [6.45, 7) is 5.84. The summed E-state index contributed by atoms with van der Waals surface area (Å²) >= 11 is 0. The molecule has 0 saturated carbocycles. The van der Waals surface area contributed by atoms with Crippen molar-refractivity contribution >= 4 is 30.9 Å². The van der Waals surface area contributed by atoms with Crippen LogP contribution < -0.4 is 0 Å². The van der Waals surface area contributed by atoms with E-state index in [0.717, 1.165) is 5.56 Å². The Morgan fingerprint density at radius 2 is 1.34 bits per heavy atom. The van der Waals surface area contributed by atoms with Gasteiger partial charge in [0.25, 0.3) is 0 Å². The Hall–Kier alpha value is -2.33. The van der Waals surface area contributed by atoms with E-state index in [9.17, 15) is 18.0 Å². The molecule has 1 rings (SSSR count). The lowest BCUT2D eigenvalue weighted by molar-refractivity contribution is -0.146. The number of carbonyl (C=O) groups excluding carboxylic acids is 2. The van der Waals surface area contributed by atoms with Crippen molar-refractivity contribution in [3.63, 3.8) is 0 Å². The maximum Gasteiger partial charge on any atom is 0.500 e. The fourth-order valence-corrected chi connectivity index (χ4v) is 5.66. The fourth-order valence-electron chi connectivity index (χ4n) is 2.97. The average molecular weight is 579 g/mol. The Morgan fingerprint density at radius 1 is 0.816 bits per heavy atom. The molecule has 0 bridgehead atoms. The number of ether oxygens (including phenoxy) is 4. The van der Waals surface area contributed by atoms with Gasteiger partial charge < -0.3 is 36.4 Å². The third-order valence-corrected chi connectivity index (χ3v) is 9.22. The van der Waals surface area contributed by atoms with Crippen LogP contribution >= 0.6 is 0 Å². The first kappa shape index (κ1) is 33.7. The van der Waals surface area contributed by atoms with E-state index >= 15 is 0 Å². The van der Waals surface area contributed by atoms with Crippen LogP contribution in [-0.2, 0) is 56.1 Å². The van der Waals surface area contributed by atoms with E-state index in [-0.39, 0.29) is 56.9 Å². The fraction of sp³-hybridized carbons (Fsp3) is 0.583. The van der Waals surface area contributed by atoms with E-state index in [0.29, 0.717) is 18.9 Å². The van der Waals surface area contributed by atoms with Gasteiger partial charge in [0, 0.05) is 33.8 Å². The first-order valence-corrected chi connectivity index (χ1v) is 15.3. The van der Waals surface area contributed by atoms with Crippen LogP contribution in [0.25, 0.3) is 0 Å². The van der Waals surface area contributed by atoms with Crippen LogP contribution in [0, 0.1) is 6.92 Å². The van der Waals surface area contributed by atoms with E-state index < -0.39 is 30.7 Å². The Balaban J connectivity index is 2.05. The van der Waals surface area contributed by atoms with E-state index in [1.54, 1.807) is 33.5 Å². The zero-order chi connectivity index (χ0) is 28.4. The van der Waals surface area contributed by atoms with Gasteiger partial charge >= 0.3 is 30.9 Å². The molecule has 0 aliphatic carbocycles. The lowest BCUT2D eigenvalue weighted by Gasteiger charge is -2.24. The molecule has 0 N–H and O–H groups in total. The maximum absolute atomic E-state index is 12.2. The number of aryl methyl sites for hydroxylation is 1. The molecular formula is C24H38O12SSi. The van der Waals surface area contributed by atoms with Gasteiger partial charge in [0.15, 0.2) is 0 Å². The third-order valence-electron chi connectivity index (χ3n) is 5.12. The number of benzene rings is 1. The minimum Gasteiger partial charge on any atom is -0.463 e. The minimum absolute atomic E-state index is 0.0570. The van der Waals surface area contributed by atoms with E-state index in [4.69, 9.17) is 36.4 Å². The third kappa shape index (κ3) is 13.0. The van der Waals surface area contributed by atoms with Crippen molar-refractivity contribution in [3.8, 4) is 0 Å². The molecule has 14 heteroatoms. The van der Waals surface area contributed by atoms with Gasteiger partial charge in [-0.05, 0) is 38.5 Å². The Bertz CT molecular complexity index is 953. The number of rotatable bonds is 21. The summed E-state index contributed by atoms with van der Waals surface area (Å²) in [6.07, 6.45) is 1.62. The first-order valence-electron chi connectivity index (χ1n) is 11.9. The van der Waals surface area contributed by atoms with Crippen LogP contribution in [0.1, 0.15) is 24.8 Å². The molecule has 38 heavy (non-hydrogen) atoms. The lowest BCUT2D eigenvalue weighted by atomic mass is 10.2. The van der Waals surface area contributed by atoms with E-state index in [1.807, 2.05) is 6.92 Å². The van der Waals surface area contributed by atoms with Crippen LogP contribution in [0.3, 0.4) is 0 Å². The van der Waals surface area contributed by atoms with Crippen molar-refractivity contribution in [2.45, 2.75) is 37.1 Å². The summed E-state index contributed by atoms with van der Waals surface area (Å²) in [5.41, 5.74) is 0.875. The molecule has 1 aromatic rings. The monoisotopic (exact) mass is 578 g/mol. The average Bonchev–Trinajstić information content (AvgIpc) is 2.90. The smallest absolute Gasteiger partial charge is 0.463 e. The lowest BCUT2D eigenvalue weighted by Crippen LogP contribution is -2.42. The highest BCUT2D eigenvalue weighted by atomic mass is 32.2. The molecular weight excluding hydrogens is 540 g/mol. The number of esters is 2. The molecule has 0 spiro atoms. The molecule has 1 aromatic carbocycles. The number of unbranched alkanes of at least 4 members (excludes halogenated alkanes) is 1. The Morgan fingerprint density at radius 3 is 1.89 bits per heavy atom. The topological polar surface area (TPSA) is 142 Å². The summed E-state index contributed by atoms with van der Waals surface area (Å²) in [4.78, 5) is 23.6. The second-order valence-corrected chi connectivity index (χ2v) is 12.5. The van der Waals surface area contributed by atoms with Crippen molar-refractivity contribution in [2.24, 2.45) is 0 Å². The van der Waals surface area contributed by atoms with Gasteiger partial charge in [-0.2, -0.15) is 8.42 Å². The number of hydrogen-bond acceptors (Lipinski definition) is 12. The highest BCUT2D eigenvalue weighted by Crippen LogP contribution is 2.18. The molecule has 0 heterocycles. The van der Waals surface area contributed by atoms with Gasteiger partial charge in [-0.15, -0.1) is 0 Å². The maximum atomic E-state index is 12.2. The quantitative estimate of drug-likeness (QED) is 0.0528. The van der Waals surface area contributed by atoms with Crippen LogP contribution in [-0.4, -0.2) is 90.1 Å². The predicted molar refractivity (Wildman–Crippen MR) is 138 cm³/mol. The van der Waals surface area contributed by atoms with Crippen LogP contribution in [0.4, 0.5) is 0 Å². The molecule has 216 valence electrons. The first-order chi connectivity index (χ1) is 18.1. The molecule has 0 aromatic heterocycles. The second kappa shape index (κ2) is 18.0. The van der Waals surface area contributed by atoms with E-state index in [1.165, 1.54) is 12.1 Å². The molecule has 0 aliphatic heterocycles. The van der Waals surface area contributed by atoms with Crippen LogP contribution in [0.15, 0.2) is 41.5 Å². The zero-order valence-corrected chi connectivity index (χ0v) is 24.2. The van der Waals surface area contributed by atoms with Crippen molar-refractivity contribution < 1.29 is 54.4 Å². The van der Waals surface area contributed by atoms with E-state index in [2.05, 4.69) is 6.58 Å². The highest BCUT2D eigenvalue weighted by Gasteiger charge is 2.36. The Labute approximate surface area is 225 Å². The molecule has 0 unspecified atom stereocenters. The van der Waals surface area contributed by atoms with Gasteiger partial charge in [-0.1, -0.05) is 17.7 Å². The molecule has 0 fully saturated rings. The normalized spacial score (nSPS) is 11.7. The van der Waals surface area contributed by atoms with Gasteiger partial charge in [0.05, 0.1) is 26.4 Å². The number of hydrogen-bond donors (Lipinski definition) is 0. The largest absolute Gasteiger partial charge is 0.500 e. The van der Waals surface area contributed by atoms with Crippen LogP contribution in [0.5, 0.6) is 0 Å². The SMILES string of the molecule is C=C(OS(=O)(=O)c1ccc(C)cc1)C(=O)OCCOCCOCCOC(=O)CCCC[Si](OC)(OC)OC. The summed E-state index contributed by atoms with van der Waals surface area (Å²) in [6, 6.07) is 6.56. The summed E-state index contributed by atoms with van der Waals surface area (Å²) in [5.74, 6) is -1.98. The minimum atomic E-state index is -4.18. The molecule has 0 radical (unpaired) electrons. The van der Waals surface area contributed by atoms with Crippen molar-refractivity contribution in [1.29, 1.82) is 0 Å². The summed E-state index contributed by atoms with van der Waals surface area (Å²) < 4.78 is 65.6.